The van der Waals surface area contributed by atoms with E-state index < -0.39 is 18.0 Å². The smallest absolute Gasteiger partial charge is 0.338 e. The number of esters is 1. The zero-order chi connectivity index (χ0) is 21.8. The Balaban J connectivity index is 1.75. The van der Waals surface area contributed by atoms with Crippen molar-refractivity contribution < 1.29 is 14.3 Å². The lowest BCUT2D eigenvalue weighted by Crippen LogP contribution is -2.32. The molecule has 0 saturated heterocycles. The van der Waals surface area contributed by atoms with Crippen molar-refractivity contribution in [3.05, 3.63) is 81.8 Å². The molecule has 2 aromatic carbocycles. The van der Waals surface area contributed by atoms with Gasteiger partial charge in [-0.3, -0.25) is 14.3 Å². The van der Waals surface area contributed by atoms with Crippen molar-refractivity contribution >= 4 is 17.6 Å². The van der Waals surface area contributed by atoms with Crippen LogP contribution in [-0.2, 0) is 23.0 Å². The molecule has 0 saturated carbocycles. The number of para-hydroxylation sites is 1. The normalized spacial score (nSPS) is 11.7. The van der Waals surface area contributed by atoms with Crippen molar-refractivity contribution in [3.63, 3.8) is 0 Å². The number of nitrogens with zero attached hydrogens (tertiary/aromatic N) is 2. The second kappa shape index (κ2) is 8.82. The number of aromatic nitrogens is 2. The van der Waals surface area contributed by atoms with E-state index in [9.17, 15) is 14.4 Å². The highest BCUT2D eigenvalue weighted by Gasteiger charge is 2.23. The third-order valence-electron chi connectivity index (χ3n) is 5.05. The van der Waals surface area contributed by atoms with E-state index in [1.807, 2.05) is 37.3 Å². The minimum atomic E-state index is -1.06. The maximum Gasteiger partial charge on any atom is 0.338 e. The van der Waals surface area contributed by atoms with Gasteiger partial charge in [-0.25, -0.2) is 9.48 Å². The molecule has 0 aliphatic carbocycles. The van der Waals surface area contributed by atoms with Gasteiger partial charge in [-0.05, 0) is 50.1 Å². The number of amides is 1. The zero-order valence-corrected chi connectivity index (χ0v) is 17.5. The van der Waals surface area contributed by atoms with E-state index in [0.717, 1.165) is 12.0 Å². The number of ether oxygens (including phenoxy) is 1. The Morgan fingerprint density at radius 2 is 1.70 bits per heavy atom. The van der Waals surface area contributed by atoms with Crippen LogP contribution in [0.15, 0.2) is 59.4 Å². The number of rotatable bonds is 6. The molecular formula is C23H25N3O4. The van der Waals surface area contributed by atoms with Gasteiger partial charge in [0.05, 0.1) is 16.9 Å². The van der Waals surface area contributed by atoms with E-state index in [-0.39, 0.29) is 11.2 Å². The number of hydrogen-bond donors (Lipinski definition) is 1. The van der Waals surface area contributed by atoms with Crippen LogP contribution in [0, 0.1) is 6.92 Å². The summed E-state index contributed by atoms with van der Waals surface area (Å²) >= 11 is 0. The summed E-state index contributed by atoms with van der Waals surface area (Å²) in [5.41, 5.74) is 2.54. The van der Waals surface area contributed by atoms with E-state index >= 15 is 0 Å². The highest BCUT2D eigenvalue weighted by molar-refractivity contribution is 5.97. The lowest BCUT2D eigenvalue weighted by Gasteiger charge is -2.13. The van der Waals surface area contributed by atoms with Gasteiger partial charge >= 0.3 is 5.97 Å². The first kappa shape index (κ1) is 21.1. The van der Waals surface area contributed by atoms with E-state index in [1.165, 1.54) is 11.6 Å². The second-order valence-corrected chi connectivity index (χ2v) is 7.02. The molecule has 156 valence electrons. The highest BCUT2D eigenvalue weighted by Crippen LogP contribution is 2.15. The average molecular weight is 407 g/mol. The molecule has 0 fully saturated rings. The first-order valence-corrected chi connectivity index (χ1v) is 9.78. The minimum absolute atomic E-state index is 0.154. The van der Waals surface area contributed by atoms with Crippen LogP contribution in [0.4, 0.5) is 5.69 Å². The monoisotopic (exact) mass is 407 g/mol. The molecule has 1 heterocycles. The molecule has 0 unspecified atom stereocenters. The van der Waals surface area contributed by atoms with E-state index in [2.05, 4.69) is 5.32 Å². The molecule has 0 aliphatic heterocycles. The van der Waals surface area contributed by atoms with Crippen molar-refractivity contribution in [2.24, 2.45) is 7.05 Å². The van der Waals surface area contributed by atoms with E-state index in [4.69, 9.17) is 4.74 Å². The Morgan fingerprint density at radius 1 is 1.07 bits per heavy atom. The molecule has 3 rings (SSSR count). The number of hydrogen-bond acceptors (Lipinski definition) is 4. The van der Waals surface area contributed by atoms with Crippen LogP contribution in [0.25, 0.3) is 5.69 Å². The Hall–Kier alpha value is -3.61. The van der Waals surface area contributed by atoms with E-state index in [0.29, 0.717) is 16.9 Å². The zero-order valence-electron chi connectivity index (χ0n) is 17.5. The Morgan fingerprint density at radius 3 is 2.30 bits per heavy atom. The lowest BCUT2D eigenvalue weighted by molar-refractivity contribution is -0.123. The predicted molar refractivity (Wildman–Crippen MR) is 115 cm³/mol. The number of nitrogens with one attached hydrogen (secondary N) is 1. The molecule has 0 aliphatic rings. The Labute approximate surface area is 174 Å². The summed E-state index contributed by atoms with van der Waals surface area (Å²) in [6, 6.07) is 16.2. The molecule has 1 amide bonds. The summed E-state index contributed by atoms with van der Waals surface area (Å²) in [5, 5.41) is 2.61. The van der Waals surface area contributed by atoms with Crippen LogP contribution >= 0.6 is 0 Å². The van der Waals surface area contributed by atoms with Crippen molar-refractivity contribution in [3.8, 4) is 5.69 Å². The molecule has 30 heavy (non-hydrogen) atoms. The third-order valence-corrected chi connectivity index (χ3v) is 5.05. The summed E-state index contributed by atoms with van der Waals surface area (Å²) in [6.45, 7) is 5.24. The first-order valence-electron chi connectivity index (χ1n) is 9.78. The maximum atomic E-state index is 12.9. The molecule has 7 heteroatoms. The van der Waals surface area contributed by atoms with Crippen LogP contribution in [0.2, 0.25) is 0 Å². The fourth-order valence-electron chi connectivity index (χ4n) is 3.10. The standard InChI is InChI=1S/C23H25N3O4/c1-5-17-11-13-18(14-12-17)23(29)30-16(3)21(27)24-20-15(2)25(4)26(22(20)28)19-9-7-6-8-10-19/h6-14,16H,5H2,1-4H3,(H,24,27)/t16-/m0/s1. The molecule has 7 nitrogen and oxygen atoms in total. The summed E-state index contributed by atoms with van der Waals surface area (Å²) in [4.78, 5) is 37.8. The van der Waals surface area contributed by atoms with Gasteiger partial charge < -0.3 is 10.1 Å². The van der Waals surface area contributed by atoms with Crippen LogP contribution in [0.3, 0.4) is 0 Å². The van der Waals surface area contributed by atoms with Gasteiger partial charge in [-0.1, -0.05) is 37.3 Å². The molecule has 0 spiro atoms. The van der Waals surface area contributed by atoms with Crippen molar-refractivity contribution in [2.75, 3.05) is 5.32 Å². The van der Waals surface area contributed by atoms with E-state index in [1.54, 1.807) is 42.9 Å². The van der Waals surface area contributed by atoms with Gasteiger partial charge in [-0.15, -0.1) is 0 Å². The van der Waals surface area contributed by atoms with Gasteiger partial charge in [0.15, 0.2) is 6.10 Å². The first-order chi connectivity index (χ1) is 14.3. The van der Waals surface area contributed by atoms with Gasteiger partial charge in [0.25, 0.3) is 11.5 Å². The van der Waals surface area contributed by atoms with Crippen LogP contribution in [0.1, 0.15) is 35.5 Å². The fraction of sp³-hybridized carbons (Fsp3) is 0.261. The van der Waals surface area contributed by atoms with Crippen molar-refractivity contribution in [1.82, 2.24) is 9.36 Å². The highest BCUT2D eigenvalue weighted by atomic mass is 16.5. The Bertz CT molecular complexity index is 1110. The van der Waals surface area contributed by atoms with Crippen LogP contribution < -0.4 is 10.9 Å². The Kier molecular flexibility index (Phi) is 6.20. The molecule has 3 aromatic rings. The summed E-state index contributed by atoms with van der Waals surface area (Å²) in [5.74, 6) is -1.16. The van der Waals surface area contributed by atoms with Crippen molar-refractivity contribution in [1.29, 1.82) is 0 Å². The van der Waals surface area contributed by atoms with Gasteiger partial charge in [0.2, 0.25) is 0 Å². The number of carbonyl (C=O) groups is 2. The predicted octanol–water partition coefficient (Wildman–Crippen LogP) is 3.23. The third kappa shape index (κ3) is 4.20. The molecule has 1 aromatic heterocycles. The largest absolute Gasteiger partial charge is 0.449 e. The average Bonchev–Trinajstić information content (AvgIpc) is 2.97. The number of benzene rings is 2. The van der Waals surface area contributed by atoms with Gasteiger partial charge in [0, 0.05) is 7.05 Å². The number of aryl methyl sites for hydroxylation is 1. The van der Waals surface area contributed by atoms with Gasteiger partial charge in [-0.2, -0.15) is 0 Å². The topological polar surface area (TPSA) is 82.3 Å². The summed E-state index contributed by atoms with van der Waals surface area (Å²) < 4.78 is 8.41. The molecular weight excluding hydrogens is 382 g/mol. The van der Waals surface area contributed by atoms with Gasteiger partial charge in [0.1, 0.15) is 5.69 Å². The maximum absolute atomic E-state index is 12.9. The number of carbonyl (C=O) groups excluding carboxylic acids is 2. The molecule has 0 bridgehead atoms. The summed E-state index contributed by atoms with van der Waals surface area (Å²) in [6.07, 6.45) is -0.196. The lowest BCUT2D eigenvalue weighted by atomic mass is 10.1. The SMILES string of the molecule is CCc1ccc(C(=O)O[C@@H](C)C(=O)Nc2c(C)n(C)n(-c3ccccc3)c2=O)cc1. The fourth-order valence-corrected chi connectivity index (χ4v) is 3.10. The van der Waals surface area contributed by atoms with Crippen LogP contribution in [-0.4, -0.2) is 27.3 Å². The van der Waals surface area contributed by atoms with Crippen molar-refractivity contribution in [2.45, 2.75) is 33.3 Å². The quantitative estimate of drug-likeness (QED) is 0.636. The summed E-state index contributed by atoms with van der Waals surface area (Å²) in [7, 11) is 1.74. The van der Waals surface area contributed by atoms with Crippen LogP contribution in [0.5, 0.6) is 0 Å². The second-order valence-electron chi connectivity index (χ2n) is 7.02. The number of anilines is 1. The molecule has 1 N–H and O–H groups in total. The minimum Gasteiger partial charge on any atom is -0.449 e. The molecule has 1 atom stereocenters. The molecule has 0 radical (unpaired) electrons.